The molecule has 0 radical (unpaired) electrons. The van der Waals surface area contributed by atoms with Gasteiger partial charge in [-0.3, -0.25) is 0 Å². The summed E-state index contributed by atoms with van der Waals surface area (Å²) in [4.78, 5) is 6.08. The quantitative estimate of drug-likeness (QED) is 0.777. The maximum Gasteiger partial charge on any atom is 0.128 e. The summed E-state index contributed by atoms with van der Waals surface area (Å²) in [6.45, 7) is 3.71. The second-order valence-electron chi connectivity index (χ2n) is 3.77. The number of aliphatic hydroxyl groups excluding tert-OH is 2. The molecule has 0 saturated carbocycles. The van der Waals surface area contributed by atoms with Gasteiger partial charge in [-0.15, -0.1) is 0 Å². The number of aliphatic hydroxyl groups is 2. The predicted octanol–water partition coefficient (Wildman–Crippen LogP) is 0.952. The van der Waals surface area contributed by atoms with E-state index in [1.807, 2.05) is 24.9 Å². The van der Waals surface area contributed by atoms with Crippen LogP contribution < -0.4 is 4.90 Å². The SMILES string of the molecule is CC(CO)N(C)c1cc([C@@H](C)O)ccn1. The Bertz CT molecular complexity index is 315. The highest BCUT2D eigenvalue weighted by molar-refractivity contribution is 5.41. The number of rotatable bonds is 4. The van der Waals surface area contributed by atoms with Gasteiger partial charge in [0.25, 0.3) is 0 Å². The second-order valence-corrected chi connectivity index (χ2v) is 3.77. The summed E-state index contributed by atoms with van der Waals surface area (Å²) in [5.74, 6) is 0.759. The van der Waals surface area contributed by atoms with Crippen LogP contribution >= 0.6 is 0 Å². The first-order valence-electron chi connectivity index (χ1n) is 5.04. The zero-order chi connectivity index (χ0) is 11.4. The van der Waals surface area contributed by atoms with E-state index in [1.165, 1.54) is 0 Å². The average Bonchev–Trinajstić information content (AvgIpc) is 2.27. The Morgan fingerprint density at radius 2 is 2.13 bits per heavy atom. The molecule has 84 valence electrons. The zero-order valence-electron chi connectivity index (χ0n) is 9.38. The lowest BCUT2D eigenvalue weighted by Crippen LogP contribution is -2.32. The predicted molar refractivity (Wildman–Crippen MR) is 59.8 cm³/mol. The van der Waals surface area contributed by atoms with Crippen LogP contribution in [0.2, 0.25) is 0 Å². The van der Waals surface area contributed by atoms with Crippen molar-refractivity contribution in [1.29, 1.82) is 0 Å². The summed E-state index contributed by atoms with van der Waals surface area (Å²) < 4.78 is 0. The van der Waals surface area contributed by atoms with Crippen LogP contribution in [-0.4, -0.2) is 34.9 Å². The first kappa shape index (κ1) is 11.9. The molecule has 2 N–H and O–H groups in total. The van der Waals surface area contributed by atoms with Crippen LogP contribution in [0.5, 0.6) is 0 Å². The Morgan fingerprint density at radius 3 is 2.67 bits per heavy atom. The summed E-state index contributed by atoms with van der Waals surface area (Å²) in [6, 6.07) is 3.63. The van der Waals surface area contributed by atoms with Gasteiger partial charge in [0.15, 0.2) is 0 Å². The van der Waals surface area contributed by atoms with Gasteiger partial charge in [-0.05, 0) is 31.5 Å². The van der Waals surface area contributed by atoms with E-state index in [9.17, 15) is 5.11 Å². The van der Waals surface area contributed by atoms with Gasteiger partial charge in [0, 0.05) is 13.2 Å². The number of nitrogens with zero attached hydrogens (tertiary/aromatic N) is 2. The van der Waals surface area contributed by atoms with Crippen molar-refractivity contribution in [3.8, 4) is 0 Å². The zero-order valence-corrected chi connectivity index (χ0v) is 9.38. The number of hydrogen-bond donors (Lipinski definition) is 2. The summed E-state index contributed by atoms with van der Waals surface area (Å²) in [5, 5.41) is 18.5. The molecule has 15 heavy (non-hydrogen) atoms. The number of hydrogen-bond acceptors (Lipinski definition) is 4. The van der Waals surface area contributed by atoms with Crippen LogP contribution in [0.4, 0.5) is 5.82 Å². The number of likely N-dealkylation sites (N-methyl/N-ethyl adjacent to an activating group) is 1. The standard InChI is InChI=1S/C11H18N2O2/c1-8(7-14)13(3)11-6-10(9(2)15)4-5-12-11/h4-6,8-9,14-15H,7H2,1-3H3/t8?,9-/m1/s1. The van der Waals surface area contributed by atoms with Crippen LogP contribution in [-0.2, 0) is 0 Å². The molecule has 0 aromatic carbocycles. The lowest BCUT2D eigenvalue weighted by atomic mass is 10.1. The molecular formula is C11H18N2O2. The third kappa shape index (κ3) is 2.91. The molecule has 0 saturated heterocycles. The Morgan fingerprint density at radius 1 is 1.47 bits per heavy atom. The summed E-state index contributed by atoms with van der Waals surface area (Å²) in [7, 11) is 1.87. The minimum Gasteiger partial charge on any atom is -0.394 e. The molecule has 4 heteroatoms. The Kier molecular flexibility index (Phi) is 4.05. The van der Waals surface area contributed by atoms with Crippen LogP contribution in [0.15, 0.2) is 18.3 Å². The molecule has 1 aromatic rings. The van der Waals surface area contributed by atoms with E-state index < -0.39 is 6.10 Å². The molecule has 0 aliphatic carbocycles. The number of aromatic nitrogens is 1. The number of pyridine rings is 1. The maximum absolute atomic E-state index is 9.43. The van der Waals surface area contributed by atoms with E-state index in [4.69, 9.17) is 5.11 Å². The van der Waals surface area contributed by atoms with E-state index >= 15 is 0 Å². The van der Waals surface area contributed by atoms with Gasteiger partial charge in [0.1, 0.15) is 5.82 Å². The van der Waals surface area contributed by atoms with E-state index in [1.54, 1.807) is 19.2 Å². The van der Waals surface area contributed by atoms with Gasteiger partial charge >= 0.3 is 0 Å². The van der Waals surface area contributed by atoms with Gasteiger partial charge in [-0.25, -0.2) is 4.98 Å². The normalized spacial score (nSPS) is 14.7. The Hall–Kier alpha value is -1.13. The molecule has 4 nitrogen and oxygen atoms in total. The van der Waals surface area contributed by atoms with Gasteiger partial charge in [-0.1, -0.05) is 0 Å². The van der Waals surface area contributed by atoms with Crippen molar-refractivity contribution >= 4 is 5.82 Å². The van der Waals surface area contributed by atoms with E-state index in [0.29, 0.717) is 0 Å². The van der Waals surface area contributed by atoms with Crippen LogP contribution in [0.3, 0.4) is 0 Å². The average molecular weight is 210 g/mol. The summed E-state index contributed by atoms with van der Waals surface area (Å²) in [6.07, 6.45) is 1.17. The maximum atomic E-state index is 9.43. The van der Waals surface area contributed by atoms with Gasteiger partial charge in [0.2, 0.25) is 0 Å². The van der Waals surface area contributed by atoms with E-state index in [-0.39, 0.29) is 12.6 Å². The van der Waals surface area contributed by atoms with Gasteiger partial charge in [-0.2, -0.15) is 0 Å². The molecule has 0 fully saturated rings. The van der Waals surface area contributed by atoms with Crippen molar-refractivity contribution in [2.75, 3.05) is 18.6 Å². The molecule has 1 aromatic heterocycles. The summed E-state index contributed by atoms with van der Waals surface area (Å²) >= 11 is 0. The molecule has 0 bridgehead atoms. The van der Waals surface area contributed by atoms with Crippen molar-refractivity contribution in [3.05, 3.63) is 23.9 Å². The van der Waals surface area contributed by atoms with Crippen molar-refractivity contribution in [1.82, 2.24) is 4.98 Å². The molecule has 0 amide bonds. The largest absolute Gasteiger partial charge is 0.394 e. The highest BCUT2D eigenvalue weighted by Gasteiger charge is 2.11. The Balaban J connectivity index is 2.90. The molecule has 1 rings (SSSR count). The smallest absolute Gasteiger partial charge is 0.128 e. The lowest BCUT2D eigenvalue weighted by molar-refractivity contribution is 0.199. The van der Waals surface area contributed by atoms with Crippen LogP contribution in [0, 0.1) is 0 Å². The highest BCUT2D eigenvalue weighted by atomic mass is 16.3. The molecular weight excluding hydrogens is 192 g/mol. The van der Waals surface area contributed by atoms with Crippen molar-refractivity contribution in [2.24, 2.45) is 0 Å². The molecule has 1 heterocycles. The molecule has 1 unspecified atom stereocenters. The topological polar surface area (TPSA) is 56.6 Å². The minimum absolute atomic E-state index is 0.0155. The van der Waals surface area contributed by atoms with Crippen molar-refractivity contribution < 1.29 is 10.2 Å². The minimum atomic E-state index is -0.496. The third-order valence-electron chi connectivity index (χ3n) is 2.54. The second kappa shape index (κ2) is 5.09. The molecule has 0 spiro atoms. The Labute approximate surface area is 90.2 Å². The molecule has 0 aliphatic rings. The lowest BCUT2D eigenvalue weighted by Gasteiger charge is -2.24. The third-order valence-corrected chi connectivity index (χ3v) is 2.54. The van der Waals surface area contributed by atoms with Crippen molar-refractivity contribution in [3.63, 3.8) is 0 Å². The summed E-state index contributed by atoms with van der Waals surface area (Å²) in [5.41, 5.74) is 0.831. The van der Waals surface area contributed by atoms with E-state index in [0.717, 1.165) is 11.4 Å². The van der Waals surface area contributed by atoms with Gasteiger partial charge < -0.3 is 15.1 Å². The highest BCUT2D eigenvalue weighted by Crippen LogP contribution is 2.18. The van der Waals surface area contributed by atoms with Gasteiger partial charge in [0.05, 0.1) is 18.8 Å². The van der Waals surface area contributed by atoms with Crippen LogP contribution in [0.25, 0.3) is 0 Å². The number of anilines is 1. The van der Waals surface area contributed by atoms with Crippen molar-refractivity contribution in [2.45, 2.75) is 26.0 Å². The van der Waals surface area contributed by atoms with E-state index in [2.05, 4.69) is 4.98 Å². The first-order valence-corrected chi connectivity index (χ1v) is 5.04. The monoisotopic (exact) mass is 210 g/mol. The fraction of sp³-hybridized carbons (Fsp3) is 0.545. The molecule has 2 atom stereocenters. The fourth-order valence-electron chi connectivity index (χ4n) is 1.24. The fourth-order valence-corrected chi connectivity index (χ4v) is 1.24. The van der Waals surface area contributed by atoms with Crippen LogP contribution in [0.1, 0.15) is 25.5 Å². The molecule has 0 aliphatic heterocycles. The first-order chi connectivity index (χ1) is 7.06.